The van der Waals surface area contributed by atoms with Gasteiger partial charge in [0.2, 0.25) is 0 Å². The van der Waals surface area contributed by atoms with Crippen LogP contribution in [-0.4, -0.2) is 29.3 Å². The fourth-order valence-corrected chi connectivity index (χ4v) is 2.61. The fourth-order valence-electron chi connectivity index (χ4n) is 2.61. The van der Waals surface area contributed by atoms with Crippen LogP contribution in [-0.2, 0) is 6.54 Å². The Labute approximate surface area is 116 Å². The molecule has 1 fully saturated rings. The lowest BCUT2D eigenvalue weighted by Crippen LogP contribution is -2.33. The van der Waals surface area contributed by atoms with Gasteiger partial charge in [0, 0.05) is 19.1 Å². The topological polar surface area (TPSA) is 41.0 Å². The van der Waals surface area contributed by atoms with Gasteiger partial charge in [-0.15, -0.1) is 5.10 Å². The molecule has 0 amide bonds. The van der Waals surface area contributed by atoms with Crippen LogP contribution in [0.4, 0.5) is 5.82 Å². The van der Waals surface area contributed by atoms with E-state index >= 15 is 0 Å². The van der Waals surface area contributed by atoms with Crippen LogP contribution >= 0.6 is 0 Å². The summed E-state index contributed by atoms with van der Waals surface area (Å²) < 4.78 is 0. The van der Waals surface area contributed by atoms with Crippen molar-refractivity contribution in [2.45, 2.75) is 58.5 Å². The highest BCUT2D eigenvalue weighted by Crippen LogP contribution is 2.21. The maximum Gasteiger partial charge on any atom is 0.151 e. The first-order valence-corrected chi connectivity index (χ1v) is 7.61. The average Bonchev–Trinajstić information content (AvgIpc) is 2.65. The zero-order chi connectivity index (χ0) is 13.5. The molecule has 2 heterocycles. The van der Waals surface area contributed by atoms with Crippen molar-refractivity contribution in [2.75, 3.05) is 18.0 Å². The van der Waals surface area contributed by atoms with Crippen LogP contribution in [0.2, 0.25) is 0 Å². The molecule has 0 radical (unpaired) electrons. The molecule has 1 aliphatic heterocycles. The van der Waals surface area contributed by atoms with Crippen molar-refractivity contribution in [3.05, 3.63) is 17.8 Å². The van der Waals surface area contributed by atoms with Gasteiger partial charge in [0.05, 0.1) is 5.69 Å². The molecule has 0 aliphatic carbocycles. The predicted molar refractivity (Wildman–Crippen MR) is 79.3 cm³/mol. The van der Waals surface area contributed by atoms with Gasteiger partial charge in [0.15, 0.2) is 5.82 Å². The first-order valence-electron chi connectivity index (χ1n) is 7.61. The number of hydrogen-bond donors (Lipinski definition) is 1. The molecule has 4 heteroatoms. The lowest BCUT2D eigenvalue weighted by atomic mass is 10.1. The van der Waals surface area contributed by atoms with E-state index in [1.807, 2.05) is 0 Å². The van der Waals surface area contributed by atoms with E-state index in [4.69, 9.17) is 0 Å². The van der Waals surface area contributed by atoms with Crippen LogP contribution in [0, 0.1) is 0 Å². The molecular weight excluding hydrogens is 236 g/mol. The molecule has 106 valence electrons. The Hall–Kier alpha value is -1.16. The Bertz CT molecular complexity index is 363. The molecule has 1 N–H and O–H groups in total. The molecule has 0 aromatic carbocycles. The second-order valence-corrected chi connectivity index (χ2v) is 5.45. The number of nitrogens with one attached hydrogen (secondary N) is 1. The van der Waals surface area contributed by atoms with Gasteiger partial charge in [-0.3, -0.25) is 0 Å². The second-order valence-electron chi connectivity index (χ2n) is 5.45. The van der Waals surface area contributed by atoms with Crippen LogP contribution in [0.5, 0.6) is 0 Å². The minimum absolute atomic E-state index is 0.584. The van der Waals surface area contributed by atoms with Crippen LogP contribution in [0.25, 0.3) is 0 Å². The molecule has 4 nitrogen and oxygen atoms in total. The molecule has 0 bridgehead atoms. The summed E-state index contributed by atoms with van der Waals surface area (Å²) in [6.07, 6.45) is 6.36. The van der Waals surface area contributed by atoms with Crippen molar-refractivity contribution < 1.29 is 0 Å². The van der Waals surface area contributed by atoms with E-state index in [1.165, 1.54) is 25.7 Å². The first-order chi connectivity index (χ1) is 9.31. The Morgan fingerprint density at radius 1 is 1.26 bits per heavy atom. The third kappa shape index (κ3) is 4.16. The summed E-state index contributed by atoms with van der Waals surface area (Å²) in [6, 6.07) is 4.81. The van der Waals surface area contributed by atoms with E-state index in [9.17, 15) is 0 Å². The quantitative estimate of drug-likeness (QED) is 0.828. The van der Waals surface area contributed by atoms with Crippen molar-refractivity contribution in [3.8, 4) is 0 Å². The third-order valence-corrected chi connectivity index (χ3v) is 3.79. The van der Waals surface area contributed by atoms with Gasteiger partial charge < -0.3 is 10.2 Å². The van der Waals surface area contributed by atoms with Crippen LogP contribution in [0.3, 0.4) is 0 Å². The molecule has 0 spiro atoms. The largest absolute Gasteiger partial charge is 0.352 e. The zero-order valence-electron chi connectivity index (χ0n) is 12.2. The molecule has 2 rings (SSSR count). The summed E-state index contributed by atoms with van der Waals surface area (Å²) in [6.45, 7) is 7.43. The standard InChI is InChI=1S/C15H26N4/c1-3-10-16-12-14-8-9-15(18-17-14)19-11-6-4-5-7-13(19)2/h8-9,13,16H,3-7,10-12H2,1-2H3. The van der Waals surface area contributed by atoms with E-state index < -0.39 is 0 Å². The van der Waals surface area contributed by atoms with Crippen molar-refractivity contribution in [3.63, 3.8) is 0 Å². The Morgan fingerprint density at radius 3 is 2.89 bits per heavy atom. The molecule has 1 saturated heterocycles. The van der Waals surface area contributed by atoms with Crippen molar-refractivity contribution >= 4 is 5.82 Å². The molecule has 1 aliphatic rings. The minimum atomic E-state index is 0.584. The fraction of sp³-hybridized carbons (Fsp3) is 0.733. The number of anilines is 1. The van der Waals surface area contributed by atoms with E-state index in [0.29, 0.717) is 6.04 Å². The summed E-state index contributed by atoms with van der Waals surface area (Å²) >= 11 is 0. The Morgan fingerprint density at radius 2 is 2.16 bits per heavy atom. The molecule has 1 aromatic heterocycles. The minimum Gasteiger partial charge on any atom is -0.352 e. The monoisotopic (exact) mass is 262 g/mol. The highest BCUT2D eigenvalue weighted by Gasteiger charge is 2.18. The van der Waals surface area contributed by atoms with Crippen LogP contribution in [0.15, 0.2) is 12.1 Å². The number of aromatic nitrogens is 2. The van der Waals surface area contributed by atoms with Gasteiger partial charge in [0.25, 0.3) is 0 Å². The lowest BCUT2D eigenvalue weighted by molar-refractivity contribution is 0.605. The van der Waals surface area contributed by atoms with Gasteiger partial charge >= 0.3 is 0 Å². The van der Waals surface area contributed by atoms with Gasteiger partial charge in [-0.05, 0) is 44.9 Å². The number of nitrogens with zero attached hydrogens (tertiary/aromatic N) is 3. The van der Waals surface area contributed by atoms with Gasteiger partial charge in [-0.2, -0.15) is 5.10 Å². The summed E-state index contributed by atoms with van der Waals surface area (Å²) in [5.41, 5.74) is 1.03. The highest BCUT2D eigenvalue weighted by molar-refractivity contribution is 5.38. The van der Waals surface area contributed by atoms with Crippen LogP contribution in [0.1, 0.15) is 51.6 Å². The van der Waals surface area contributed by atoms with Crippen molar-refractivity contribution in [1.82, 2.24) is 15.5 Å². The van der Waals surface area contributed by atoms with Crippen molar-refractivity contribution in [1.29, 1.82) is 0 Å². The molecule has 1 aromatic rings. The second kappa shape index (κ2) is 7.43. The van der Waals surface area contributed by atoms with Crippen molar-refractivity contribution in [2.24, 2.45) is 0 Å². The smallest absolute Gasteiger partial charge is 0.151 e. The average molecular weight is 262 g/mol. The van der Waals surface area contributed by atoms with E-state index in [-0.39, 0.29) is 0 Å². The first kappa shape index (κ1) is 14.3. The number of rotatable bonds is 5. The maximum atomic E-state index is 4.41. The molecule has 0 saturated carbocycles. The summed E-state index contributed by atoms with van der Waals surface area (Å²) in [5.74, 6) is 1.04. The van der Waals surface area contributed by atoms with Gasteiger partial charge in [0.1, 0.15) is 0 Å². The van der Waals surface area contributed by atoms with E-state index in [0.717, 1.165) is 37.6 Å². The predicted octanol–water partition coefficient (Wildman–Crippen LogP) is 2.75. The molecule has 19 heavy (non-hydrogen) atoms. The Kier molecular flexibility index (Phi) is 5.58. The zero-order valence-corrected chi connectivity index (χ0v) is 12.2. The Balaban J connectivity index is 1.96. The lowest BCUT2D eigenvalue weighted by Gasteiger charge is -2.27. The normalized spacial score (nSPS) is 20.3. The summed E-state index contributed by atoms with van der Waals surface area (Å²) in [5, 5.41) is 12.1. The SMILES string of the molecule is CCCNCc1ccc(N2CCCCCC2C)nn1. The summed E-state index contributed by atoms with van der Waals surface area (Å²) in [7, 11) is 0. The maximum absolute atomic E-state index is 4.41. The van der Waals surface area contributed by atoms with E-state index in [2.05, 4.69) is 46.4 Å². The van der Waals surface area contributed by atoms with Crippen LogP contribution < -0.4 is 10.2 Å². The van der Waals surface area contributed by atoms with Gasteiger partial charge in [-0.1, -0.05) is 19.8 Å². The highest BCUT2D eigenvalue weighted by atomic mass is 15.3. The molecule has 1 unspecified atom stereocenters. The van der Waals surface area contributed by atoms with Gasteiger partial charge in [-0.25, -0.2) is 0 Å². The number of hydrogen-bond acceptors (Lipinski definition) is 4. The summed E-state index contributed by atoms with van der Waals surface area (Å²) in [4.78, 5) is 2.41. The molecule has 1 atom stereocenters. The molecular formula is C15H26N4. The van der Waals surface area contributed by atoms with E-state index in [1.54, 1.807) is 0 Å². The third-order valence-electron chi connectivity index (χ3n) is 3.79.